The van der Waals surface area contributed by atoms with Gasteiger partial charge in [0.25, 0.3) is 5.56 Å². The van der Waals surface area contributed by atoms with E-state index in [1.807, 2.05) is 0 Å². The molecule has 1 aromatic rings. The monoisotopic (exact) mass is 283 g/mol. The fourth-order valence-electron chi connectivity index (χ4n) is 2.02. The second kappa shape index (κ2) is 7.58. The molecule has 5 heteroatoms. The minimum Gasteiger partial charge on any atom is -0.371 e. The summed E-state index contributed by atoms with van der Waals surface area (Å²) >= 11 is 4.35. The Balaban J connectivity index is 2.91. The van der Waals surface area contributed by atoms with Crippen LogP contribution in [0.15, 0.2) is 17.1 Å². The summed E-state index contributed by atoms with van der Waals surface area (Å²) in [5.74, 6) is 1.63. The van der Waals surface area contributed by atoms with Crippen LogP contribution in [0.5, 0.6) is 0 Å². The molecule has 1 atom stereocenters. The largest absolute Gasteiger partial charge is 0.371 e. The van der Waals surface area contributed by atoms with Crippen LogP contribution >= 0.6 is 12.6 Å². The van der Waals surface area contributed by atoms with E-state index in [0.29, 0.717) is 18.4 Å². The van der Waals surface area contributed by atoms with Crippen molar-refractivity contribution in [2.45, 2.75) is 34.2 Å². The molecule has 1 heterocycles. The second-order valence-corrected chi connectivity index (χ2v) is 5.46. The molecular weight excluding hydrogens is 258 g/mol. The second-order valence-electron chi connectivity index (χ2n) is 5.09. The molecule has 0 amide bonds. The van der Waals surface area contributed by atoms with Crippen LogP contribution in [0.4, 0.5) is 5.69 Å². The van der Waals surface area contributed by atoms with Crippen LogP contribution in [0, 0.1) is 11.8 Å². The number of nitrogens with zero attached hydrogens (tertiary/aromatic N) is 3. The van der Waals surface area contributed by atoms with E-state index in [-0.39, 0.29) is 5.56 Å². The zero-order chi connectivity index (χ0) is 14.4. The van der Waals surface area contributed by atoms with Gasteiger partial charge < -0.3 is 4.90 Å². The van der Waals surface area contributed by atoms with Crippen molar-refractivity contribution in [2.75, 3.05) is 23.7 Å². The number of hydrogen-bond donors (Lipinski definition) is 1. The summed E-state index contributed by atoms with van der Waals surface area (Å²) in [7, 11) is 0. The Morgan fingerprint density at radius 3 is 2.42 bits per heavy atom. The minimum atomic E-state index is -0.0307. The van der Waals surface area contributed by atoms with Crippen molar-refractivity contribution >= 4 is 18.3 Å². The lowest BCUT2D eigenvalue weighted by Crippen LogP contribution is -2.31. The summed E-state index contributed by atoms with van der Waals surface area (Å²) in [6.07, 6.45) is 1.78. The lowest BCUT2D eigenvalue weighted by atomic mass is 9.98. The highest BCUT2D eigenvalue weighted by molar-refractivity contribution is 7.80. The molecular formula is C14H25N3OS. The van der Waals surface area contributed by atoms with Crippen LogP contribution in [0.3, 0.4) is 0 Å². The molecule has 0 aliphatic carbocycles. The number of anilines is 1. The van der Waals surface area contributed by atoms with Crippen molar-refractivity contribution in [3.8, 4) is 0 Å². The molecule has 1 rings (SSSR count). The van der Waals surface area contributed by atoms with Gasteiger partial charge in [0.1, 0.15) is 0 Å². The lowest BCUT2D eigenvalue weighted by molar-refractivity contribution is 0.347. The van der Waals surface area contributed by atoms with Crippen molar-refractivity contribution in [3.05, 3.63) is 22.6 Å². The Labute approximate surface area is 121 Å². The normalized spacial score (nSPS) is 12.7. The molecule has 0 saturated carbocycles. The molecule has 0 aromatic carbocycles. The molecule has 1 aromatic heterocycles. The van der Waals surface area contributed by atoms with Gasteiger partial charge in [-0.15, -0.1) is 0 Å². The smallest absolute Gasteiger partial charge is 0.268 e. The topological polar surface area (TPSA) is 38.1 Å². The third-order valence-corrected chi connectivity index (χ3v) is 4.04. The minimum absolute atomic E-state index is 0.0307. The third-order valence-electron chi connectivity index (χ3n) is 3.57. The van der Waals surface area contributed by atoms with Gasteiger partial charge in [0.15, 0.2) is 0 Å². The standard InChI is InChI=1S/C14H25N3OS/c1-5-16(6-2)13-7-14(18)17(15-8-13)9-12(10-19)11(3)4/h7-8,11-12,19H,5-6,9-10H2,1-4H3. The first-order valence-corrected chi connectivity index (χ1v) is 7.59. The maximum absolute atomic E-state index is 12.1. The molecule has 0 N–H and O–H groups in total. The van der Waals surface area contributed by atoms with E-state index in [2.05, 4.69) is 50.3 Å². The van der Waals surface area contributed by atoms with E-state index < -0.39 is 0 Å². The van der Waals surface area contributed by atoms with Gasteiger partial charge in [-0.05, 0) is 31.4 Å². The van der Waals surface area contributed by atoms with E-state index in [9.17, 15) is 4.79 Å². The Hall–Kier alpha value is -0.970. The molecule has 0 bridgehead atoms. The molecule has 0 radical (unpaired) electrons. The summed E-state index contributed by atoms with van der Waals surface area (Å²) in [5, 5.41) is 4.29. The average molecular weight is 283 g/mol. The highest BCUT2D eigenvalue weighted by Gasteiger charge is 2.14. The Bertz CT molecular complexity index is 441. The van der Waals surface area contributed by atoms with Gasteiger partial charge in [0, 0.05) is 25.7 Å². The zero-order valence-corrected chi connectivity index (χ0v) is 13.2. The van der Waals surface area contributed by atoms with Crippen LogP contribution in [-0.2, 0) is 6.54 Å². The quantitative estimate of drug-likeness (QED) is 0.780. The van der Waals surface area contributed by atoms with Gasteiger partial charge in [0.05, 0.1) is 11.9 Å². The van der Waals surface area contributed by atoms with Gasteiger partial charge in [-0.3, -0.25) is 4.79 Å². The predicted octanol–water partition coefficient (Wildman–Crippen LogP) is 2.29. The number of thiol groups is 1. The van der Waals surface area contributed by atoms with Crippen molar-refractivity contribution in [1.29, 1.82) is 0 Å². The van der Waals surface area contributed by atoms with Crippen LogP contribution in [-0.4, -0.2) is 28.6 Å². The molecule has 1 unspecified atom stereocenters. The molecule has 0 saturated heterocycles. The van der Waals surface area contributed by atoms with Gasteiger partial charge in [-0.25, -0.2) is 4.68 Å². The molecule has 0 spiro atoms. The predicted molar refractivity (Wildman–Crippen MR) is 84.2 cm³/mol. The average Bonchev–Trinajstić information content (AvgIpc) is 2.38. The highest BCUT2D eigenvalue weighted by Crippen LogP contribution is 2.14. The molecule has 0 aliphatic heterocycles. The van der Waals surface area contributed by atoms with Crippen LogP contribution in [0.1, 0.15) is 27.7 Å². The van der Waals surface area contributed by atoms with Crippen molar-refractivity contribution in [3.63, 3.8) is 0 Å². The van der Waals surface area contributed by atoms with E-state index >= 15 is 0 Å². The summed E-state index contributed by atoms with van der Waals surface area (Å²) in [4.78, 5) is 14.2. The van der Waals surface area contributed by atoms with E-state index in [4.69, 9.17) is 0 Å². The van der Waals surface area contributed by atoms with Crippen molar-refractivity contribution in [2.24, 2.45) is 11.8 Å². The first-order chi connectivity index (χ1) is 9.03. The summed E-state index contributed by atoms with van der Waals surface area (Å²) in [6.45, 7) is 10.8. The number of rotatable bonds is 7. The van der Waals surface area contributed by atoms with Gasteiger partial charge >= 0.3 is 0 Å². The Kier molecular flexibility index (Phi) is 6.42. The Morgan fingerprint density at radius 2 is 2.00 bits per heavy atom. The summed E-state index contributed by atoms with van der Waals surface area (Å²) < 4.78 is 1.55. The molecule has 19 heavy (non-hydrogen) atoms. The Morgan fingerprint density at radius 1 is 1.37 bits per heavy atom. The van der Waals surface area contributed by atoms with Gasteiger partial charge in [0.2, 0.25) is 0 Å². The maximum Gasteiger partial charge on any atom is 0.268 e. The van der Waals surface area contributed by atoms with Crippen LogP contribution < -0.4 is 10.5 Å². The van der Waals surface area contributed by atoms with Crippen LogP contribution in [0.25, 0.3) is 0 Å². The van der Waals surface area contributed by atoms with E-state index in [1.54, 1.807) is 16.9 Å². The van der Waals surface area contributed by atoms with Crippen molar-refractivity contribution in [1.82, 2.24) is 9.78 Å². The molecule has 0 aliphatic rings. The summed E-state index contributed by atoms with van der Waals surface area (Å²) in [5.41, 5.74) is 0.870. The van der Waals surface area contributed by atoms with Crippen molar-refractivity contribution < 1.29 is 0 Å². The van der Waals surface area contributed by atoms with Gasteiger partial charge in [-0.1, -0.05) is 13.8 Å². The number of hydrogen-bond acceptors (Lipinski definition) is 4. The number of aromatic nitrogens is 2. The third kappa shape index (κ3) is 4.27. The molecule has 108 valence electrons. The first kappa shape index (κ1) is 16.1. The van der Waals surface area contributed by atoms with E-state index in [0.717, 1.165) is 24.5 Å². The van der Waals surface area contributed by atoms with Gasteiger partial charge in [-0.2, -0.15) is 17.7 Å². The highest BCUT2D eigenvalue weighted by atomic mass is 32.1. The fourth-order valence-corrected chi connectivity index (χ4v) is 2.56. The van der Waals surface area contributed by atoms with E-state index in [1.165, 1.54) is 0 Å². The SMILES string of the molecule is CCN(CC)c1cnn(CC(CS)C(C)C)c(=O)c1. The summed E-state index contributed by atoms with van der Waals surface area (Å²) in [6, 6.07) is 1.68. The lowest BCUT2D eigenvalue weighted by Gasteiger charge is -2.22. The first-order valence-electron chi connectivity index (χ1n) is 6.96. The van der Waals surface area contributed by atoms with Crippen LogP contribution in [0.2, 0.25) is 0 Å². The fraction of sp³-hybridized carbons (Fsp3) is 0.714. The maximum atomic E-state index is 12.1. The molecule has 4 nitrogen and oxygen atoms in total. The molecule has 0 fully saturated rings. The zero-order valence-electron chi connectivity index (χ0n) is 12.3.